The number of hydrogen-bond acceptors (Lipinski definition) is 5. The Kier molecular flexibility index (Phi) is 5.37. The lowest BCUT2D eigenvalue weighted by Crippen LogP contribution is -2.37. The largest absolute Gasteiger partial charge is 0.459 e. The van der Waals surface area contributed by atoms with Crippen LogP contribution in [0.25, 0.3) is 11.3 Å². The number of hydrogen-bond donors (Lipinski definition) is 0. The molecule has 0 aliphatic carbocycles. The van der Waals surface area contributed by atoms with E-state index in [0.717, 1.165) is 5.56 Å². The van der Waals surface area contributed by atoms with Crippen molar-refractivity contribution >= 4 is 46.4 Å². The lowest BCUT2D eigenvalue weighted by Gasteiger charge is -2.27. The van der Waals surface area contributed by atoms with Gasteiger partial charge in [-0.3, -0.25) is 14.4 Å². The first kappa shape index (κ1) is 21.9. The van der Waals surface area contributed by atoms with Gasteiger partial charge in [0.05, 0.1) is 21.4 Å². The molecule has 0 bridgehead atoms. The van der Waals surface area contributed by atoms with E-state index in [0.29, 0.717) is 32.9 Å². The predicted octanol–water partition coefficient (Wildman–Crippen LogP) is 6.30. The summed E-state index contributed by atoms with van der Waals surface area (Å²) in [6.07, 6.45) is -0.966. The molecule has 2 aliphatic rings. The van der Waals surface area contributed by atoms with Crippen LogP contribution in [0.15, 0.2) is 95.4 Å². The Morgan fingerprint density at radius 2 is 1.40 bits per heavy atom. The summed E-state index contributed by atoms with van der Waals surface area (Å²) in [6, 6.07) is 26.4. The van der Waals surface area contributed by atoms with Gasteiger partial charge in [-0.05, 0) is 54.6 Å². The highest BCUT2D eigenvalue weighted by atomic mass is 35.5. The number of fused-ring (bicyclic) bond motifs is 1. The molecule has 2 saturated heterocycles. The highest BCUT2D eigenvalue weighted by Gasteiger charge is 2.61. The van der Waals surface area contributed by atoms with Gasteiger partial charge < -0.3 is 4.42 Å². The van der Waals surface area contributed by atoms with Crippen molar-refractivity contribution < 1.29 is 18.8 Å². The Labute approximate surface area is 211 Å². The molecule has 174 valence electrons. The van der Waals surface area contributed by atoms with Crippen molar-refractivity contribution in [1.82, 2.24) is 0 Å². The summed E-state index contributed by atoms with van der Waals surface area (Å²) in [7, 11) is 0. The monoisotopic (exact) mass is 504 g/mol. The Morgan fingerprint density at radius 3 is 2.09 bits per heavy atom. The molecule has 1 aromatic heterocycles. The summed E-state index contributed by atoms with van der Waals surface area (Å²) in [5, 5.41) is 2.46. The van der Waals surface area contributed by atoms with Gasteiger partial charge in [0.2, 0.25) is 5.91 Å². The molecule has 3 heterocycles. The first-order valence-corrected chi connectivity index (χ1v) is 11.8. The Bertz CT molecular complexity index is 1420. The molecule has 8 heteroatoms. The number of halogens is 2. The molecule has 0 unspecified atom stereocenters. The lowest BCUT2D eigenvalue weighted by molar-refractivity contribution is -0.126. The van der Waals surface area contributed by atoms with Crippen molar-refractivity contribution in [3.8, 4) is 11.3 Å². The molecule has 6 rings (SSSR count). The fourth-order valence-corrected chi connectivity index (χ4v) is 4.95. The van der Waals surface area contributed by atoms with Crippen LogP contribution in [0.4, 0.5) is 11.4 Å². The van der Waals surface area contributed by atoms with Crippen molar-refractivity contribution in [2.24, 2.45) is 5.92 Å². The van der Waals surface area contributed by atoms with Crippen LogP contribution in [0.2, 0.25) is 10.0 Å². The Balaban J connectivity index is 1.42. The van der Waals surface area contributed by atoms with Crippen molar-refractivity contribution in [3.05, 3.63) is 107 Å². The molecule has 0 N–H and O–H groups in total. The van der Waals surface area contributed by atoms with Crippen molar-refractivity contribution in [1.29, 1.82) is 0 Å². The van der Waals surface area contributed by atoms with Crippen molar-refractivity contribution in [2.45, 2.75) is 12.1 Å². The molecule has 35 heavy (non-hydrogen) atoms. The van der Waals surface area contributed by atoms with Gasteiger partial charge in [-0.15, -0.1) is 0 Å². The minimum atomic E-state index is -0.966. The summed E-state index contributed by atoms with van der Waals surface area (Å²) in [6.45, 7) is 0. The van der Waals surface area contributed by atoms with Gasteiger partial charge in [-0.1, -0.05) is 59.6 Å². The molecular formula is C27H18Cl2N2O4. The standard InChI is InChI=1S/C27H18Cl2N2O4/c28-19-12-11-16(15-20(19)29)21-13-14-22(34-21)24-23-25(35-31(24)18-9-5-2-6-10-18)27(33)30(26(23)32)17-7-3-1-4-8-17/h1-15,23-25H/t23-,24-,25-/m1/s1. The van der Waals surface area contributed by atoms with Gasteiger partial charge in [0.1, 0.15) is 23.5 Å². The number of nitrogens with zero attached hydrogens (tertiary/aromatic N) is 2. The first-order valence-electron chi connectivity index (χ1n) is 11.0. The summed E-state index contributed by atoms with van der Waals surface area (Å²) in [5.74, 6) is -0.450. The minimum absolute atomic E-state index is 0.331. The van der Waals surface area contributed by atoms with Crippen LogP contribution in [0.3, 0.4) is 0 Å². The van der Waals surface area contributed by atoms with Gasteiger partial charge in [0.25, 0.3) is 5.91 Å². The maximum Gasteiger partial charge on any atom is 0.266 e. The van der Waals surface area contributed by atoms with Crippen LogP contribution in [-0.4, -0.2) is 17.9 Å². The van der Waals surface area contributed by atoms with E-state index >= 15 is 0 Å². The summed E-state index contributed by atoms with van der Waals surface area (Å²) in [4.78, 5) is 34.3. The minimum Gasteiger partial charge on any atom is -0.459 e. The topological polar surface area (TPSA) is 63.0 Å². The van der Waals surface area contributed by atoms with E-state index in [2.05, 4.69) is 0 Å². The van der Waals surface area contributed by atoms with Gasteiger partial charge in [-0.2, -0.15) is 0 Å². The predicted molar refractivity (Wildman–Crippen MR) is 133 cm³/mol. The van der Waals surface area contributed by atoms with Crippen LogP contribution >= 0.6 is 23.2 Å². The Morgan fingerprint density at radius 1 is 0.714 bits per heavy atom. The van der Waals surface area contributed by atoms with E-state index in [4.69, 9.17) is 32.5 Å². The maximum absolute atomic E-state index is 13.6. The zero-order chi connectivity index (χ0) is 24.1. The average molecular weight is 505 g/mol. The zero-order valence-electron chi connectivity index (χ0n) is 18.2. The molecule has 2 fully saturated rings. The van der Waals surface area contributed by atoms with E-state index in [-0.39, 0.29) is 5.91 Å². The molecule has 3 atom stereocenters. The van der Waals surface area contributed by atoms with Crippen LogP contribution in [-0.2, 0) is 14.4 Å². The third kappa shape index (κ3) is 3.62. The number of anilines is 2. The number of hydroxylamine groups is 1. The fraction of sp³-hybridized carbons (Fsp3) is 0.111. The Hall–Kier alpha value is -3.58. The fourth-order valence-electron chi connectivity index (χ4n) is 4.65. The molecule has 0 saturated carbocycles. The van der Waals surface area contributed by atoms with Gasteiger partial charge >= 0.3 is 0 Å². The van der Waals surface area contributed by atoms with E-state index in [9.17, 15) is 9.59 Å². The number of amides is 2. The maximum atomic E-state index is 13.6. The van der Waals surface area contributed by atoms with Crippen molar-refractivity contribution in [3.63, 3.8) is 0 Å². The molecule has 2 amide bonds. The molecule has 6 nitrogen and oxygen atoms in total. The second-order valence-electron chi connectivity index (χ2n) is 8.34. The third-order valence-electron chi connectivity index (χ3n) is 6.26. The van der Waals surface area contributed by atoms with E-state index in [1.807, 2.05) is 42.5 Å². The molecular weight excluding hydrogens is 487 g/mol. The number of carbonyl (C=O) groups is 2. The smallest absolute Gasteiger partial charge is 0.266 e. The van der Waals surface area contributed by atoms with E-state index in [1.165, 1.54) is 4.90 Å². The molecule has 4 aromatic rings. The molecule has 3 aromatic carbocycles. The normalized spacial score (nSPS) is 21.6. The molecule has 0 radical (unpaired) electrons. The van der Waals surface area contributed by atoms with Gasteiger partial charge in [-0.25, -0.2) is 9.96 Å². The summed E-state index contributed by atoms with van der Waals surface area (Å²) in [5.41, 5.74) is 1.97. The van der Waals surface area contributed by atoms with E-state index in [1.54, 1.807) is 53.6 Å². The number of para-hydroxylation sites is 2. The SMILES string of the molecule is O=C1[C@@H]2[C@@H](c3ccc(-c4ccc(Cl)c(Cl)c4)o3)N(c3ccccc3)O[C@H]2C(=O)N1c1ccccc1. The van der Waals surface area contributed by atoms with Crippen molar-refractivity contribution in [2.75, 3.05) is 9.96 Å². The number of furan rings is 1. The average Bonchev–Trinajstić information content (AvgIpc) is 3.57. The zero-order valence-corrected chi connectivity index (χ0v) is 19.7. The van der Waals surface area contributed by atoms with Crippen LogP contribution in [0, 0.1) is 5.92 Å². The van der Waals surface area contributed by atoms with Crippen LogP contribution < -0.4 is 9.96 Å². The summed E-state index contributed by atoms with van der Waals surface area (Å²) < 4.78 is 6.23. The number of imide groups is 1. The summed E-state index contributed by atoms with van der Waals surface area (Å²) >= 11 is 12.3. The first-order chi connectivity index (χ1) is 17.0. The quantitative estimate of drug-likeness (QED) is 0.305. The number of carbonyl (C=O) groups excluding carboxylic acids is 2. The van der Waals surface area contributed by atoms with Crippen LogP contribution in [0.5, 0.6) is 0 Å². The second kappa shape index (κ2) is 8.57. The molecule has 0 spiro atoms. The highest BCUT2D eigenvalue weighted by Crippen LogP contribution is 2.48. The lowest BCUT2D eigenvalue weighted by atomic mass is 9.94. The highest BCUT2D eigenvalue weighted by molar-refractivity contribution is 6.42. The molecule has 2 aliphatic heterocycles. The van der Waals surface area contributed by atoms with Gasteiger partial charge in [0, 0.05) is 5.56 Å². The number of benzene rings is 3. The van der Waals surface area contributed by atoms with Gasteiger partial charge in [0.15, 0.2) is 6.10 Å². The number of rotatable bonds is 4. The third-order valence-corrected chi connectivity index (χ3v) is 7.00. The van der Waals surface area contributed by atoms with E-state index < -0.39 is 24.0 Å². The van der Waals surface area contributed by atoms with Crippen LogP contribution in [0.1, 0.15) is 11.8 Å². The second-order valence-corrected chi connectivity index (χ2v) is 9.15.